The normalized spacial score (nSPS) is 11.3. The van der Waals surface area contributed by atoms with E-state index in [0.717, 1.165) is 46.0 Å². The number of fused-ring (bicyclic) bond motifs is 1. The van der Waals surface area contributed by atoms with Gasteiger partial charge in [-0.05, 0) is 29.7 Å². The molecule has 0 N–H and O–H groups in total. The molecule has 0 radical (unpaired) electrons. The second-order valence-corrected chi connectivity index (χ2v) is 7.10. The van der Waals surface area contributed by atoms with Gasteiger partial charge < -0.3 is 9.30 Å². The summed E-state index contributed by atoms with van der Waals surface area (Å²) in [7, 11) is 1.68. The number of benzene rings is 2. The van der Waals surface area contributed by atoms with Crippen LogP contribution >= 0.6 is 0 Å². The first kappa shape index (κ1) is 17.3. The number of nitrogens with zero attached hydrogens (tertiary/aromatic N) is 3. The molecule has 0 aliphatic carbocycles. The first-order valence-electron chi connectivity index (χ1n) is 9.22. The van der Waals surface area contributed by atoms with Crippen LogP contribution in [0.3, 0.4) is 0 Å². The highest BCUT2D eigenvalue weighted by molar-refractivity contribution is 5.82. The van der Waals surface area contributed by atoms with Gasteiger partial charge in [-0.15, -0.1) is 0 Å². The monoisotopic (exact) mass is 357 g/mol. The molecule has 4 heteroatoms. The van der Waals surface area contributed by atoms with Gasteiger partial charge in [-0.2, -0.15) is 0 Å². The summed E-state index contributed by atoms with van der Waals surface area (Å²) in [5.41, 5.74) is 5.13. The maximum atomic E-state index is 5.40. The van der Waals surface area contributed by atoms with Gasteiger partial charge >= 0.3 is 0 Å². The topological polar surface area (TPSA) is 39.9 Å². The fraction of sp³-hybridized carbons (Fsp3) is 0.217. The predicted molar refractivity (Wildman–Crippen MR) is 110 cm³/mol. The zero-order valence-electron chi connectivity index (χ0n) is 15.9. The summed E-state index contributed by atoms with van der Waals surface area (Å²) in [5, 5.41) is 0. The molecule has 0 amide bonds. The smallest absolute Gasteiger partial charge is 0.178 e. The molecule has 2 heterocycles. The lowest BCUT2D eigenvalue weighted by molar-refractivity contribution is 0.415. The van der Waals surface area contributed by atoms with Crippen LogP contribution in [0, 0.1) is 5.92 Å². The number of imidazole rings is 1. The van der Waals surface area contributed by atoms with E-state index in [4.69, 9.17) is 9.72 Å². The second kappa shape index (κ2) is 7.23. The number of hydrogen-bond acceptors (Lipinski definition) is 3. The Bertz CT molecular complexity index is 1070. The van der Waals surface area contributed by atoms with Crippen molar-refractivity contribution < 1.29 is 4.74 Å². The molecule has 0 aliphatic heterocycles. The third-order valence-electron chi connectivity index (χ3n) is 4.59. The zero-order valence-corrected chi connectivity index (χ0v) is 15.9. The van der Waals surface area contributed by atoms with Crippen LogP contribution in [0.5, 0.6) is 5.75 Å². The van der Waals surface area contributed by atoms with Gasteiger partial charge in [0.15, 0.2) is 5.65 Å². The minimum absolute atomic E-state index is 0.493. The van der Waals surface area contributed by atoms with Crippen LogP contribution in [0.4, 0.5) is 0 Å². The number of hydrogen-bond donors (Lipinski definition) is 0. The van der Waals surface area contributed by atoms with Crippen molar-refractivity contribution in [1.82, 2.24) is 14.5 Å². The highest BCUT2D eigenvalue weighted by atomic mass is 16.5. The Balaban J connectivity index is 1.91. The lowest BCUT2D eigenvalue weighted by atomic mass is 10.1. The zero-order chi connectivity index (χ0) is 18.8. The molecular formula is C23H23N3O. The summed E-state index contributed by atoms with van der Waals surface area (Å²) < 4.78 is 7.67. The number of aromatic nitrogens is 3. The van der Waals surface area contributed by atoms with Crippen molar-refractivity contribution in [3.8, 4) is 28.3 Å². The molecular weight excluding hydrogens is 334 g/mol. The average Bonchev–Trinajstić information content (AvgIpc) is 3.06. The van der Waals surface area contributed by atoms with Crippen LogP contribution in [0.1, 0.15) is 13.8 Å². The molecule has 0 spiro atoms. The summed E-state index contributed by atoms with van der Waals surface area (Å²) >= 11 is 0. The summed E-state index contributed by atoms with van der Waals surface area (Å²) in [6, 6.07) is 20.6. The van der Waals surface area contributed by atoms with E-state index in [-0.39, 0.29) is 0 Å². The Morgan fingerprint density at radius 1 is 0.926 bits per heavy atom. The summed E-state index contributed by atoms with van der Waals surface area (Å²) in [6.07, 6.45) is 1.90. The fourth-order valence-corrected chi connectivity index (χ4v) is 3.33. The Morgan fingerprint density at radius 2 is 1.70 bits per heavy atom. The quantitative estimate of drug-likeness (QED) is 0.478. The van der Waals surface area contributed by atoms with E-state index in [0.29, 0.717) is 5.92 Å². The lowest BCUT2D eigenvalue weighted by Gasteiger charge is -2.12. The van der Waals surface area contributed by atoms with Gasteiger partial charge in [-0.25, -0.2) is 9.97 Å². The van der Waals surface area contributed by atoms with Crippen LogP contribution in [-0.4, -0.2) is 21.6 Å². The highest BCUT2D eigenvalue weighted by Gasteiger charge is 2.16. The van der Waals surface area contributed by atoms with Gasteiger partial charge in [0.25, 0.3) is 0 Å². The van der Waals surface area contributed by atoms with Gasteiger partial charge in [0.2, 0.25) is 0 Å². The van der Waals surface area contributed by atoms with Gasteiger partial charge in [-0.3, -0.25) is 0 Å². The predicted octanol–water partition coefficient (Wildman–Crippen LogP) is 5.43. The van der Waals surface area contributed by atoms with Crippen molar-refractivity contribution in [2.24, 2.45) is 5.92 Å². The fourth-order valence-electron chi connectivity index (χ4n) is 3.33. The molecule has 0 saturated heterocycles. The maximum Gasteiger partial charge on any atom is 0.178 e. The average molecular weight is 357 g/mol. The van der Waals surface area contributed by atoms with Gasteiger partial charge in [0, 0.05) is 23.9 Å². The van der Waals surface area contributed by atoms with Crippen molar-refractivity contribution in [3.63, 3.8) is 0 Å². The van der Waals surface area contributed by atoms with E-state index < -0.39 is 0 Å². The maximum absolute atomic E-state index is 5.40. The Labute approximate surface area is 159 Å². The van der Waals surface area contributed by atoms with Crippen LogP contribution in [-0.2, 0) is 6.54 Å². The van der Waals surface area contributed by atoms with Crippen molar-refractivity contribution in [2.45, 2.75) is 20.4 Å². The highest BCUT2D eigenvalue weighted by Crippen LogP contribution is 2.30. The van der Waals surface area contributed by atoms with Crippen LogP contribution < -0.4 is 4.74 Å². The molecule has 136 valence electrons. The van der Waals surface area contributed by atoms with Crippen molar-refractivity contribution in [2.75, 3.05) is 7.11 Å². The third kappa shape index (κ3) is 3.43. The van der Waals surface area contributed by atoms with Gasteiger partial charge in [0.1, 0.15) is 11.6 Å². The minimum Gasteiger partial charge on any atom is -0.497 e. The number of methoxy groups -OCH3 is 1. The summed E-state index contributed by atoms with van der Waals surface area (Å²) in [4.78, 5) is 9.49. The molecule has 0 aliphatic rings. The number of ether oxygens (including phenoxy) is 1. The molecule has 4 rings (SSSR count). The molecule has 0 unspecified atom stereocenters. The second-order valence-electron chi connectivity index (χ2n) is 7.10. The molecule has 27 heavy (non-hydrogen) atoms. The number of rotatable bonds is 5. The van der Waals surface area contributed by atoms with Crippen molar-refractivity contribution in [1.29, 1.82) is 0 Å². The van der Waals surface area contributed by atoms with Gasteiger partial charge in [0.05, 0.1) is 12.6 Å². The van der Waals surface area contributed by atoms with E-state index in [9.17, 15) is 0 Å². The lowest BCUT2D eigenvalue weighted by Crippen LogP contribution is -2.06. The van der Waals surface area contributed by atoms with Crippen LogP contribution in [0.25, 0.3) is 33.7 Å². The number of pyridine rings is 1. The van der Waals surface area contributed by atoms with Crippen molar-refractivity contribution in [3.05, 3.63) is 66.9 Å². The summed E-state index contributed by atoms with van der Waals surface area (Å²) in [5.74, 6) is 2.25. The minimum atomic E-state index is 0.493. The van der Waals surface area contributed by atoms with E-state index >= 15 is 0 Å². The molecule has 0 bridgehead atoms. The largest absolute Gasteiger partial charge is 0.497 e. The standard InChI is InChI=1S/C23H23N3O/c1-16(2)15-26-21-13-19(17-8-5-4-6-9-17)14-24-22(21)25-23(26)18-10-7-11-20(12-18)27-3/h4-14,16H,15H2,1-3H3. The summed E-state index contributed by atoms with van der Waals surface area (Å²) in [6.45, 7) is 5.31. The van der Waals surface area contributed by atoms with E-state index in [1.54, 1.807) is 7.11 Å². The van der Waals surface area contributed by atoms with E-state index in [2.05, 4.69) is 47.7 Å². The third-order valence-corrected chi connectivity index (χ3v) is 4.59. The first-order valence-corrected chi connectivity index (χ1v) is 9.22. The van der Waals surface area contributed by atoms with E-state index in [1.165, 1.54) is 0 Å². The van der Waals surface area contributed by atoms with E-state index in [1.807, 2.05) is 42.6 Å². The molecule has 0 atom stereocenters. The van der Waals surface area contributed by atoms with Gasteiger partial charge in [-0.1, -0.05) is 56.3 Å². The van der Waals surface area contributed by atoms with Crippen molar-refractivity contribution >= 4 is 11.2 Å². The molecule has 0 fully saturated rings. The molecule has 4 aromatic rings. The molecule has 4 nitrogen and oxygen atoms in total. The molecule has 2 aromatic heterocycles. The van der Waals surface area contributed by atoms with Crippen LogP contribution in [0.15, 0.2) is 66.9 Å². The SMILES string of the molecule is COc1cccc(-c2nc3ncc(-c4ccccc4)cc3n2CC(C)C)c1. The van der Waals surface area contributed by atoms with Crippen LogP contribution in [0.2, 0.25) is 0 Å². The Hall–Kier alpha value is -3.14. The molecule has 2 aromatic carbocycles. The molecule has 0 saturated carbocycles. The Morgan fingerprint density at radius 3 is 2.44 bits per heavy atom. The first-order chi connectivity index (χ1) is 13.2. The Kier molecular flexibility index (Phi) is 4.63.